The van der Waals surface area contributed by atoms with Crippen LogP contribution in [-0.2, 0) is 6.42 Å². The zero-order valence-electron chi connectivity index (χ0n) is 18.6. The number of allylic oxidation sites excluding steroid dienone is 5. The monoisotopic (exact) mass is 412 g/mol. The molecule has 0 N–H and O–H groups in total. The van der Waals surface area contributed by atoms with Gasteiger partial charge in [0, 0.05) is 5.56 Å². The van der Waals surface area contributed by atoms with Gasteiger partial charge in [0.15, 0.2) is 11.6 Å². The molecule has 1 aromatic carbocycles. The molecule has 0 saturated heterocycles. The normalized spacial score (nSPS) is 24.8. The van der Waals surface area contributed by atoms with Gasteiger partial charge >= 0.3 is 0 Å². The van der Waals surface area contributed by atoms with Crippen molar-refractivity contribution in [1.29, 1.82) is 0 Å². The molecule has 1 fully saturated rings. The van der Waals surface area contributed by atoms with Gasteiger partial charge in [-0.25, -0.2) is 8.78 Å². The van der Waals surface area contributed by atoms with Crippen LogP contribution >= 0.6 is 0 Å². The molecular weight excluding hydrogens is 374 g/mol. The largest absolute Gasteiger partial charge is 0.203 e. The third-order valence-electron chi connectivity index (χ3n) is 7.06. The lowest BCUT2D eigenvalue weighted by Crippen LogP contribution is -2.11. The van der Waals surface area contributed by atoms with Crippen molar-refractivity contribution in [2.75, 3.05) is 0 Å². The van der Waals surface area contributed by atoms with Crippen LogP contribution in [0.2, 0.25) is 0 Å². The minimum atomic E-state index is -0.651. The van der Waals surface area contributed by atoms with Crippen LogP contribution < -0.4 is 0 Å². The maximum absolute atomic E-state index is 14.7. The van der Waals surface area contributed by atoms with Crippen molar-refractivity contribution in [3.63, 3.8) is 0 Å². The Balaban J connectivity index is 1.55. The third kappa shape index (κ3) is 6.15. The SMILES string of the molecule is C=CC1CCC(/C=C/C2CC=C(c3ccc(CCCCCC)c(F)c3F)CC2)CC1. The molecule has 0 radical (unpaired) electrons. The van der Waals surface area contributed by atoms with E-state index in [1.165, 1.54) is 25.7 Å². The number of benzene rings is 1. The van der Waals surface area contributed by atoms with Gasteiger partial charge in [0.2, 0.25) is 0 Å². The van der Waals surface area contributed by atoms with Gasteiger partial charge in [-0.3, -0.25) is 0 Å². The summed E-state index contributed by atoms with van der Waals surface area (Å²) in [5.41, 5.74) is 1.96. The molecule has 0 nitrogen and oxygen atoms in total. The Hall–Kier alpha value is -1.70. The van der Waals surface area contributed by atoms with Crippen molar-refractivity contribution in [1.82, 2.24) is 0 Å². The highest BCUT2D eigenvalue weighted by molar-refractivity contribution is 5.67. The molecule has 164 valence electrons. The summed E-state index contributed by atoms with van der Waals surface area (Å²) < 4.78 is 29.3. The number of halogens is 2. The fraction of sp³-hybridized carbons (Fsp3) is 0.571. The molecule has 1 atom stereocenters. The molecule has 0 aromatic heterocycles. The predicted molar refractivity (Wildman–Crippen MR) is 124 cm³/mol. The number of unbranched alkanes of at least 4 members (excludes halogenated alkanes) is 3. The summed E-state index contributed by atoms with van der Waals surface area (Å²) in [5.74, 6) is 0.636. The van der Waals surface area contributed by atoms with E-state index in [1.54, 1.807) is 12.1 Å². The molecule has 2 heteroatoms. The molecule has 30 heavy (non-hydrogen) atoms. The van der Waals surface area contributed by atoms with E-state index in [0.29, 0.717) is 35.3 Å². The summed E-state index contributed by atoms with van der Waals surface area (Å²) >= 11 is 0. The van der Waals surface area contributed by atoms with E-state index in [2.05, 4.69) is 37.8 Å². The number of rotatable bonds is 9. The van der Waals surface area contributed by atoms with E-state index >= 15 is 0 Å². The van der Waals surface area contributed by atoms with Crippen molar-refractivity contribution in [2.24, 2.45) is 17.8 Å². The fourth-order valence-corrected chi connectivity index (χ4v) is 4.93. The first-order valence-corrected chi connectivity index (χ1v) is 12.1. The van der Waals surface area contributed by atoms with Crippen molar-refractivity contribution in [3.8, 4) is 0 Å². The van der Waals surface area contributed by atoms with Crippen molar-refractivity contribution >= 4 is 5.57 Å². The van der Waals surface area contributed by atoms with Crippen molar-refractivity contribution < 1.29 is 8.78 Å². The van der Waals surface area contributed by atoms with Gasteiger partial charge < -0.3 is 0 Å². The summed E-state index contributed by atoms with van der Waals surface area (Å²) in [4.78, 5) is 0. The highest BCUT2D eigenvalue weighted by Gasteiger charge is 2.21. The first-order valence-electron chi connectivity index (χ1n) is 12.1. The third-order valence-corrected chi connectivity index (χ3v) is 7.06. The van der Waals surface area contributed by atoms with E-state index in [9.17, 15) is 8.78 Å². The highest BCUT2D eigenvalue weighted by atomic mass is 19.2. The average molecular weight is 413 g/mol. The average Bonchev–Trinajstić information content (AvgIpc) is 2.79. The molecule has 0 heterocycles. The van der Waals surface area contributed by atoms with Gasteiger partial charge in [-0.05, 0) is 86.7 Å². The maximum atomic E-state index is 14.7. The summed E-state index contributed by atoms with van der Waals surface area (Å²) in [6.45, 7) is 6.08. The van der Waals surface area contributed by atoms with Gasteiger partial charge in [-0.15, -0.1) is 6.58 Å². The second kappa shape index (κ2) is 11.6. The van der Waals surface area contributed by atoms with Crippen molar-refractivity contribution in [3.05, 3.63) is 65.8 Å². The summed E-state index contributed by atoms with van der Waals surface area (Å²) in [7, 11) is 0. The molecular formula is C28H38F2. The molecule has 2 aliphatic carbocycles. The second-order valence-electron chi connectivity index (χ2n) is 9.27. The van der Waals surface area contributed by atoms with Gasteiger partial charge in [-0.1, -0.05) is 62.6 Å². The Morgan fingerprint density at radius 3 is 2.30 bits per heavy atom. The second-order valence-corrected chi connectivity index (χ2v) is 9.27. The molecule has 1 aromatic rings. The predicted octanol–water partition coefficient (Wildman–Crippen LogP) is 8.82. The maximum Gasteiger partial charge on any atom is 0.166 e. The summed E-state index contributed by atoms with van der Waals surface area (Å²) in [5, 5.41) is 0. The van der Waals surface area contributed by atoms with Gasteiger partial charge in [0.05, 0.1) is 0 Å². The van der Waals surface area contributed by atoms with E-state index in [0.717, 1.165) is 50.5 Å². The van der Waals surface area contributed by atoms with Gasteiger partial charge in [0.25, 0.3) is 0 Å². The van der Waals surface area contributed by atoms with Gasteiger partial charge in [0.1, 0.15) is 0 Å². The Morgan fingerprint density at radius 2 is 1.63 bits per heavy atom. The smallest absolute Gasteiger partial charge is 0.166 e. The van der Waals surface area contributed by atoms with E-state index in [1.807, 2.05) is 0 Å². The first-order chi connectivity index (χ1) is 14.6. The fourth-order valence-electron chi connectivity index (χ4n) is 4.93. The zero-order chi connectivity index (χ0) is 21.3. The Kier molecular flexibility index (Phi) is 8.90. The lowest BCUT2D eigenvalue weighted by atomic mass is 9.80. The van der Waals surface area contributed by atoms with Crippen molar-refractivity contribution in [2.45, 2.75) is 84.0 Å². The summed E-state index contributed by atoms with van der Waals surface area (Å²) in [6.07, 6.45) is 21.8. The minimum Gasteiger partial charge on any atom is -0.203 e. The van der Waals surface area contributed by atoms with Crippen LogP contribution in [-0.4, -0.2) is 0 Å². The Labute approximate surface area is 182 Å². The van der Waals surface area contributed by atoms with Gasteiger partial charge in [-0.2, -0.15) is 0 Å². The quantitative estimate of drug-likeness (QED) is 0.281. The molecule has 0 bridgehead atoms. The molecule has 0 spiro atoms. The van der Waals surface area contributed by atoms with Crippen LogP contribution in [0.25, 0.3) is 5.57 Å². The van der Waals surface area contributed by atoms with Crippen LogP contribution in [0.4, 0.5) is 8.78 Å². The first kappa shape index (κ1) is 23.0. The topological polar surface area (TPSA) is 0 Å². The lowest BCUT2D eigenvalue weighted by Gasteiger charge is -2.25. The zero-order valence-corrected chi connectivity index (χ0v) is 18.6. The summed E-state index contributed by atoms with van der Waals surface area (Å²) in [6, 6.07) is 3.60. The molecule has 0 aliphatic heterocycles. The van der Waals surface area contributed by atoms with E-state index < -0.39 is 11.6 Å². The minimum absolute atomic E-state index is 0.468. The number of aryl methyl sites for hydroxylation is 1. The van der Waals surface area contributed by atoms with Crippen LogP contribution in [0.3, 0.4) is 0 Å². The molecule has 3 rings (SSSR count). The Morgan fingerprint density at radius 1 is 0.900 bits per heavy atom. The highest BCUT2D eigenvalue weighted by Crippen LogP contribution is 2.35. The molecule has 0 amide bonds. The number of hydrogen-bond donors (Lipinski definition) is 0. The van der Waals surface area contributed by atoms with Crippen LogP contribution in [0.15, 0.2) is 43.0 Å². The van der Waals surface area contributed by atoms with Crippen LogP contribution in [0, 0.1) is 29.4 Å². The van der Waals surface area contributed by atoms with Crippen LogP contribution in [0.5, 0.6) is 0 Å². The Bertz CT molecular complexity index is 750. The molecule has 2 aliphatic rings. The number of hydrogen-bond acceptors (Lipinski definition) is 0. The molecule has 1 unspecified atom stereocenters. The standard InChI is InChI=1S/C28H38F2/c1-3-5-6-7-8-25-19-20-26(28(30)27(25)29)24-17-15-23(16-18-24)14-13-22-11-9-21(4-2)10-12-22/h4,13-14,17,19-23H,2-3,5-12,15-16,18H2,1H3/b14-13+. The molecule has 1 saturated carbocycles. The van der Waals surface area contributed by atoms with E-state index in [4.69, 9.17) is 0 Å². The lowest BCUT2D eigenvalue weighted by molar-refractivity contribution is 0.355. The van der Waals surface area contributed by atoms with E-state index in [-0.39, 0.29) is 0 Å². The van der Waals surface area contributed by atoms with Crippen LogP contribution in [0.1, 0.15) is 88.7 Å².